The summed E-state index contributed by atoms with van der Waals surface area (Å²) in [6, 6.07) is 13.2. The molecule has 0 saturated carbocycles. The molecule has 0 aromatic heterocycles. The zero-order valence-corrected chi connectivity index (χ0v) is 28.6. The number of nitrogens with zero attached hydrogens (tertiary/aromatic N) is 3. The van der Waals surface area contributed by atoms with E-state index >= 15 is 0 Å². The van der Waals surface area contributed by atoms with Crippen molar-refractivity contribution in [2.24, 2.45) is 0 Å². The molecule has 2 heterocycles. The van der Waals surface area contributed by atoms with E-state index in [1.54, 1.807) is 6.07 Å². The number of sulfonamides is 2. The maximum Gasteiger partial charge on any atom is 0.245 e. The highest BCUT2D eigenvalue weighted by Crippen LogP contribution is 2.37. The van der Waals surface area contributed by atoms with Crippen LogP contribution in [0.25, 0.3) is 0 Å². The van der Waals surface area contributed by atoms with E-state index in [-0.39, 0.29) is 15.8 Å². The molecule has 2 aromatic carbocycles. The van der Waals surface area contributed by atoms with Crippen molar-refractivity contribution in [3.8, 4) is 0 Å². The number of benzene rings is 2. The molecule has 0 amide bonds. The van der Waals surface area contributed by atoms with Gasteiger partial charge in [0.15, 0.2) is 0 Å². The summed E-state index contributed by atoms with van der Waals surface area (Å²) >= 11 is 0. The predicted molar refractivity (Wildman–Crippen MR) is 180 cm³/mol. The molecule has 44 heavy (non-hydrogen) atoms. The van der Waals surface area contributed by atoms with Crippen LogP contribution in [0.5, 0.6) is 0 Å². The maximum absolute atomic E-state index is 14.2. The molecule has 2 aliphatic rings. The van der Waals surface area contributed by atoms with E-state index in [0.717, 1.165) is 76.6 Å². The van der Waals surface area contributed by atoms with Gasteiger partial charge in [0.1, 0.15) is 9.79 Å². The lowest BCUT2D eigenvalue weighted by molar-refractivity contribution is 0.295. The van der Waals surface area contributed by atoms with Crippen molar-refractivity contribution in [3.05, 3.63) is 48.0 Å². The molecule has 2 aliphatic heterocycles. The Labute approximate surface area is 266 Å². The van der Waals surface area contributed by atoms with Gasteiger partial charge in [-0.1, -0.05) is 57.0 Å². The van der Waals surface area contributed by atoms with Crippen molar-refractivity contribution in [2.45, 2.75) is 94.4 Å². The molecule has 0 bridgehead atoms. The monoisotopic (exact) mass is 647 g/mol. The van der Waals surface area contributed by atoms with Crippen molar-refractivity contribution in [1.82, 2.24) is 13.5 Å². The van der Waals surface area contributed by atoms with E-state index in [2.05, 4.69) is 36.3 Å². The summed E-state index contributed by atoms with van der Waals surface area (Å²) in [7, 11) is -7.84. The molecule has 2 N–H and O–H groups in total. The Balaban J connectivity index is 1.72. The Morgan fingerprint density at radius 2 is 1.32 bits per heavy atom. The third kappa shape index (κ3) is 8.96. The number of nitrogens with one attached hydrogen (secondary N) is 2. The third-order valence-corrected chi connectivity index (χ3v) is 12.8. The van der Waals surface area contributed by atoms with Crippen molar-refractivity contribution >= 4 is 31.4 Å². The minimum atomic E-state index is -3.92. The quantitative estimate of drug-likeness (QED) is 0.244. The first-order valence-corrected chi connectivity index (χ1v) is 19.5. The lowest BCUT2D eigenvalue weighted by Crippen LogP contribution is -2.37. The van der Waals surface area contributed by atoms with Crippen LogP contribution >= 0.6 is 0 Å². The van der Waals surface area contributed by atoms with Gasteiger partial charge >= 0.3 is 0 Å². The van der Waals surface area contributed by atoms with Gasteiger partial charge in [-0.2, -0.15) is 8.61 Å². The fourth-order valence-electron chi connectivity index (χ4n) is 6.21. The highest BCUT2D eigenvalue weighted by atomic mass is 32.2. The van der Waals surface area contributed by atoms with E-state index < -0.39 is 20.0 Å². The lowest BCUT2D eigenvalue weighted by Gasteiger charge is -2.30. The topological polar surface area (TPSA) is 102 Å². The number of hydrogen-bond donors (Lipinski definition) is 2. The zero-order chi connectivity index (χ0) is 31.6. The van der Waals surface area contributed by atoms with Crippen LogP contribution < -0.4 is 10.6 Å². The summed E-state index contributed by atoms with van der Waals surface area (Å²) in [5, 5.41) is 6.89. The van der Waals surface area contributed by atoms with Gasteiger partial charge in [0.05, 0.1) is 11.4 Å². The fourth-order valence-corrected chi connectivity index (χ4v) is 9.66. The highest BCUT2D eigenvalue weighted by Gasteiger charge is 2.34. The van der Waals surface area contributed by atoms with Gasteiger partial charge in [-0.3, -0.25) is 0 Å². The predicted octanol–water partition coefficient (Wildman–Crippen LogP) is 5.61. The second kappa shape index (κ2) is 16.4. The molecule has 1 unspecified atom stereocenters. The van der Waals surface area contributed by atoms with Gasteiger partial charge in [0.2, 0.25) is 20.0 Å². The van der Waals surface area contributed by atoms with Crippen molar-refractivity contribution in [1.29, 1.82) is 0 Å². The summed E-state index contributed by atoms with van der Waals surface area (Å²) in [5.74, 6) is 0. The van der Waals surface area contributed by atoms with Gasteiger partial charge in [-0.15, -0.1) is 0 Å². The van der Waals surface area contributed by atoms with Crippen LogP contribution in [0.15, 0.2) is 52.3 Å². The minimum absolute atomic E-state index is 0.00240. The Morgan fingerprint density at radius 3 is 1.86 bits per heavy atom. The molecule has 2 saturated heterocycles. The summed E-state index contributed by atoms with van der Waals surface area (Å²) in [4.78, 5) is 2.48. The molecular formula is C33H53N5O4S2. The first-order valence-electron chi connectivity index (χ1n) is 16.6. The first kappa shape index (κ1) is 34.7. The van der Waals surface area contributed by atoms with Crippen LogP contribution in [0.3, 0.4) is 0 Å². The average molecular weight is 648 g/mol. The van der Waals surface area contributed by atoms with E-state index in [0.29, 0.717) is 50.5 Å². The van der Waals surface area contributed by atoms with Crippen LogP contribution in [0.2, 0.25) is 0 Å². The summed E-state index contributed by atoms with van der Waals surface area (Å²) < 4.78 is 59.7. The molecule has 11 heteroatoms. The fraction of sp³-hybridized carbons (Fsp3) is 0.636. The molecule has 2 fully saturated rings. The van der Waals surface area contributed by atoms with Crippen molar-refractivity contribution in [2.75, 3.05) is 63.0 Å². The lowest BCUT2D eigenvalue weighted by atomic mass is 10.1. The van der Waals surface area contributed by atoms with Gasteiger partial charge in [0, 0.05) is 38.8 Å². The maximum atomic E-state index is 14.2. The number of anilines is 2. The summed E-state index contributed by atoms with van der Waals surface area (Å²) in [5.41, 5.74) is 2.05. The highest BCUT2D eigenvalue weighted by molar-refractivity contribution is 7.90. The number of piperidine rings is 2. The molecule has 9 nitrogen and oxygen atoms in total. The van der Waals surface area contributed by atoms with Crippen LogP contribution in [0.4, 0.5) is 11.4 Å². The van der Waals surface area contributed by atoms with E-state index in [4.69, 9.17) is 0 Å². The second-order valence-electron chi connectivity index (χ2n) is 12.2. The third-order valence-electron chi connectivity index (χ3n) is 8.93. The van der Waals surface area contributed by atoms with Crippen LogP contribution in [-0.2, 0) is 26.5 Å². The molecule has 0 radical (unpaired) electrons. The molecule has 246 valence electrons. The standard InChI is InChI=1S/C33H53N5O4S2/c1-4-36(5-2)21-15-16-28(3)35-31-26-30(34-20-19-29-17-9-6-10-18-29)32(43(39,40)37-22-11-7-12-23-37)27-33(31)44(41,42)38-24-13-8-14-25-38/h6,9-10,17-18,26-28,34-35H,4-5,7-8,11-16,19-25H2,1-3H3. The minimum Gasteiger partial charge on any atom is -0.384 e. The van der Waals surface area contributed by atoms with E-state index in [1.165, 1.54) is 14.7 Å². The molecule has 2 aromatic rings. The molecule has 4 rings (SSSR count). The van der Waals surface area contributed by atoms with Gasteiger partial charge in [-0.05, 0) is 89.2 Å². The van der Waals surface area contributed by atoms with Crippen molar-refractivity contribution in [3.63, 3.8) is 0 Å². The Kier molecular flexibility index (Phi) is 12.9. The normalized spacial score (nSPS) is 17.9. The number of hydrogen-bond acceptors (Lipinski definition) is 7. The van der Waals surface area contributed by atoms with Gasteiger partial charge in [-0.25, -0.2) is 16.8 Å². The van der Waals surface area contributed by atoms with E-state index in [1.807, 2.05) is 30.3 Å². The average Bonchev–Trinajstić information content (AvgIpc) is 3.04. The van der Waals surface area contributed by atoms with Crippen LogP contribution in [-0.4, -0.2) is 88.7 Å². The Bertz CT molecular complexity index is 1390. The van der Waals surface area contributed by atoms with Crippen LogP contribution in [0, 0.1) is 0 Å². The first-order chi connectivity index (χ1) is 21.2. The SMILES string of the molecule is CCN(CC)CCCC(C)Nc1cc(NCCc2ccccc2)c(S(=O)(=O)N2CCCCC2)cc1S(=O)(=O)N1CCCCC1. The largest absolute Gasteiger partial charge is 0.384 e. The zero-order valence-electron chi connectivity index (χ0n) is 26.9. The Hall–Kier alpha value is -2.18. The van der Waals surface area contributed by atoms with Gasteiger partial charge in [0.25, 0.3) is 0 Å². The molecule has 0 aliphatic carbocycles. The summed E-state index contributed by atoms with van der Waals surface area (Å²) in [6.07, 6.45) is 7.78. The van der Waals surface area contributed by atoms with E-state index in [9.17, 15) is 16.8 Å². The van der Waals surface area contributed by atoms with Gasteiger partial charge < -0.3 is 15.5 Å². The molecule has 1 atom stereocenters. The smallest absolute Gasteiger partial charge is 0.245 e. The molecular weight excluding hydrogens is 595 g/mol. The van der Waals surface area contributed by atoms with Crippen molar-refractivity contribution < 1.29 is 16.8 Å². The Morgan fingerprint density at radius 1 is 0.773 bits per heavy atom. The second-order valence-corrected chi connectivity index (χ2v) is 16.0. The number of rotatable bonds is 16. The van der Waals surface area contributed by atoms with Crippen LogP contribution in [0.1, 0.15) is 77.7 Å². The summed E-state index contributed by atoms with van der Waals surface area (Å²) in [6.45, 7) is 11.7. The molecule has 0 spiro atoms.